The predicted octanol–water partition coefficient (Wildman–Crippen LogP) is 1.37. The molecule has 0 saturated carbocycles. The van der Waals surface area contributed by atoms with E-state index in [0.29, 0.717) is 16.7 Å². The van der Waals surface area contributed by atoms with Crippen molar-refractivity contribution in [1.82, 2.24) is 14.8 Å². The first kappa shape index (κ1) is 15.8. The molecular weight excluding hydrogens is 312 g/mol. The van der Waals surface area contributed by atoms with E-state index in [-0.39, 0.29) is 23.0 Å². The molecular formula is C12H13N4O5S+. The van der Waals surface area contributed by atoms with Crippen molar-refractivity contribution < 1.29 is 24.8 Å². The van der Waals surface area contributed by atoms with Gasteiger partial charge in [-0.15, -0.1) is 10.2 Å². The number of aromatic nitrogens is 3. The van der Waals surface area contributed by atoms with E-state index in [4.69, 9.17) is 15.1 Å². The number of rotatable bonds is 7. The average Bonchev–Trinajstić information content (AvgIpc) is 2.84. The molecule has 0 unspecified atom stereocenters. The molecule has 0 radical (unpaired) electrons. The Morgan fingerprint density at radius 1 is 1.36 bits per heavy atom. The summed E-state index contributed by atoms with van der Waals surface area (Å²) in [7, 11) is 1.72. The molecule has 0 amide bonds. The minimum Gasteiger partial charge on any atom is -0.486 e. The average molecular weight is 325 g/mol. The highest BCUT2D eigenvalue weighted by atomic mass is 32.2. The molecule has 2 aromatic rings. The highest BCUT2D eigenvalue weighted by Gasteiger charge is 2.13. The standard InChI is InChI=1S/C12H12N4O5S/c1-15-10(13-14-12(15)22-7-11(17)18)6-21-9-4-2-8(3-5-9)16(19)20/h2-5H,6-7H2,1H3,(H-,17,18,19,20)/p+1. The quantitative estimate of drug-likeness (QED) is 0.579. The zero-order valence-electron chi connectivity index (χ0n) is 11.5. The Morgan fingerprint density at radius 3 is 2.64 bits per heavy atom. The van der Waals surface area contributed by atoms with Crippen LogP contribution in [0, 0.1) is 4.91 Å². The van der Waals surface area contributed by atoms with Crippen molar-refractivity contribution in [3.8, 4) is 5.75 Å². The molecule has 2 N–H and O–H groups in total. The van der Waals surface area contributed by atoms with E-state index >= 15 is 0 Å². The normalized spacial score (nSPS) is 10.4. The molecule has 0 spiro atoms. The topological polar surface area (TPSA) is 118 Å². The summed E-state index contributed by atoms with van der Waals surface area (Å²) in [5, 5.41) is 25.7. The first-order chi connectivity index (χ1) is 10.5. The van der Waals surface area contributed by atoms with Gasteiger partial charge in [-0.1, -0.05) is 11.8 Å². The number of carboxylic acid groups (broad SMARTS) is 1. The van der Waals surface area contributed by atoms with Crippen LogP contribution in [0.3, 0.4) is 0 Å². The molecule has 1 heterocycles. The first-order valence-corrected chi connectivity index (χ1v) is 7.08. The summed E-state index contributed by atoms with van der Waals surface area (Å²) in [5.74, 6) is 0.00123. The number of benzene rings is 1. The number of ether oxygens (including phenoxy) is 1. The molecule has 116 valence electrons. The number of thioether (sulfide) groups is 1. The maximum atomic E-state index is 10.7. The van der Waals surface area contributed by atoms with Crippen LogP contribution in [0.4, 0.5) is 5.69 Å². The number of hydrogen-bond acceptors (Lipinski definition) is 6. The van der Waals surface area contributed by atoms with Crippen molar-refractivity contribution in [2.75, 3.05) is 5.75 Å². The van der Waals surface area contributed by atoms with Gasteiger partial charge in [0, 0.05) is 19.2 Å². The van der Waals surface area contributed by atoms with Crippen LogP contribution in [-0.4, -0.2) is 41.7 Å². The van der Waals surface area contributed by atoms with Crippen molar-refractivity contribution in [1.29, 1.82) is 0 Å². The molecule has 0 aliphatic rings. The molecule has 2 rings (SSSR count). The van der Waals surface area contributed by atoms with E-state index in [0.717, 1.165) is 11.8 Å². The molecule has 0 aliphatic heterocycles. The zero-order valence-corrected chi connectivity index (χ0v) is 12.4. The van der Waals surface area contributed by atoms with Gasteiger partial charge >= 0.3 is 11.7 Å². The molecule has 0 saturated heterocycles. The van der Waals surface area contributed by atoms with Crippen molar-refractivity contribution in [3.63, 3.8) is 0 Å². The van der Waals surface area contributed by atoms with Crippen LogP contribution < -0.4 is 4.74 Å². The summed E-state index contributed by atoms with van der Waals surface area (Å²) < 4.78 is 7.14. The largest absolute Gasteiger partial charge is 0.486 e. The van der Waals surface area contributed by atoms with Gasteiger partial charge in [-0.2, -0.15) is 0 Å². The monoisotopic (exact) mass is 325 g/mol. The van der Waals surface area contributed by atoms with Crippen molar-refractivity contribution >= 4 is 23.4 Å². The Hall–Kier alpha value is -2.62. The summed E-state index contributed by atoms with van der Waals surface area (Å²) in [4.78, 5) is 21.0. The van der Waals surface area contributed by atoms with E-state index in [1.165, 1.54) is 24.3 Å². The van der Waals surface area contributed by atoms with Gasteiger partial charge < -0.3 is 14.4 Å². The van der Waals surface area contributed by atoms with E-state index < -0.39 is 5.97 Å². The molecule has 0 aliphatic carbocycles. The lowest BCUT2D eigenvalue weighted by molar-refractivity contribution is -0.729. The van der Waals surface area contributed by atoms with Gasteiger partial charge in [0.2, 0.25) is 0 Å². The summed E-state index contributed by atoms with van der Waals surface area (Å²) in [6, 6.07) is 5.89. The van der Waals surface area contributed by atoms with E-state index in [1.807, 2.05) is 0 Å². The van der Waals surface area contributed by atoms with E-state index in [2.05, 4.69) is 10.2 Å². The third-order valence-electron chi connectivity index (χ3n) is 2.68. The van der Waals surface area contributed by atoms with Crippen molar-refractivity contribution in [3.05, 3.63) is 35.0 Å². The summed E-state index contributed by atoms with van der Waals surface area (Å²) in [6.45, 7) is 0.136. The Labute approximate surface area is 129 Å². The van der Waals surface area contributed by atoms with Crippen molar-refractivity contribution in [2.24, 2.45) is 7.05 Å². The summed E-state index contributed by atoms with van der Waals surface area (Å²) in [5.41, 5.74) is 0.0957. The number of carboxylic acids is 1. The lowest BCUT2D eigenvalue weighted by Gasteiger charge is -2.05. The highest BCUT2D eigenvalue weighted by Crippen LogP contribution is 2.19. The SMILES string of the molecule is Cn1c(COc2ccc([N+](=O)O)cc2)nnc1SCC(=O)O. The van der Waals surface area contributed by atoms with Crippen LogP contribution in [0.1, 0.15) is 5.82 Å². The van der Waals surface area contributed by atoms with Gasteiger partial charge in [-0.3, -0.25) is 4.79 Å². The van der Waals surface area contributed by atoms with E-state index in [1.54, 1.807) is 11.6 Å². The second kappa shape index (κ2) is 6.89. The molecule has 0 atom stereocenters. The zero-order chi connectivity index (χ0) is 16.1. The number of carbonyl (C=O) groups is 1. The van der Waals surface area contributed by atoms with Crippen molar-refractivity contribution in [2.45, 2.75) is 11.8 Å². The van der Waals surface area contributed by atoms with Crippen LogP contribution in [0.25, 0.3) is 0 Å². The lowest BCUT2D eigenvalue weighted by Crippen LogP contribution is -2.05. The predicted molar refractivity (Wildman–Crippen MR) is 75.2 cm³/mol. The molecule has 0 bridgehead atoms. The summed E-state index contributed by atoms with van der Waals surface area (Å²) in [6.07, 6.45) is 0. The number of hydrogen-bond donors (Lipinski definition) is 2. The minimum absolute atomic E-state index is 0.0957. The van der Waals surface area contributed by atoms with Crippen LogP contribution >= 0.6 is 11.8 Å². The second-order valence-electron chi connectivity index (χ2n) is 4.20. The first-order valence-electron chi connectivity index (χ1n) is 6.09. The smallest absolute Gasteiger partial charge is 0.316 e. The Balaban J connectivity index is 1.96. The second-order valence-corrected chi connectivity index (χ2v) is 5.14. The van der Waals surface area contributed by atoms with Gasteiger partial charge in [-0.05, 0) is 12.1 Å². The third kappa shape index (κ3) is 3.95. The molecule has 10 heteroatoms. The van der Waals surface area contributed by atoms with E-state index in [9.17, 15) is 9.70 Å². The van der Waals surface area contributed by atoms with Crippen LogP contribution in [0.5, 0.6) is 5.75 Å². The molecule has 0 fully saturated rings. The Morgan fingerprint density at radius 2 is 2.05 bits per heavy atom. The summed E-state index contributed by atoms with van der Waals surface area (Å²) >= 11 is 1.07. The van der Waals surface area contributed by atoms with Gasteiger partial charge in [0.15, 0.2) is 11.0 Å². The Kier molecular flexibility index (Phi) is 4.94. The molecule has 22 heavy (non-hydrogen) atoms. The lowest BCUT2D eigenvalue weighted by atomic mass is 10.3. The third-order valence-corrected chi connectivity index (χ3v) is 3.68. The van der Waals surface area contributed by atoms with Gasteiger partial charge in [-0.25, -0.2) is 5.21 Å². The fourth-order valence-corrected chi connectivity index (χ4v) is 2.19. The van der Waals surface area contributed by atoms with Gasteiger partial charge in [0.05, 0.1) is 10.7 Å². The maximum absolute atomic E-state index is 10.7. The number of nitrogens with zero attached hydrogens (tertiary/aromatic N) is 4. The minimum atomic E-state index is -0.929. The molecule has 9 nitrogen and oxygen atoms in total. The van der Waals surface area contributed by atoms with Gasteiger partial charge in [0.1, 0.15) is 12.4 Å². The fraction of sp³-hybridized carbons (Fsp3) is 0.250. The highest BCUT2D eigenvalue weighted by molar-refractivity contribution is 7.99. The van der Waals surface area contributed by atoms with Crippen LogP contribution in [-0.2, 0) is 18.4 Å². The number of aliphatic carboxylic acids is 1. The molecule has 1 aromatic carbocycles. The maximum Gasteiger partial charge on any atom is 0.316 e. The fourth-order valence-electron chi connectivity index (χ4n) is 1.54. The molecule has 1 aromatic heterocycles. The Bertz CT molecular complexity index is 685. The van der Waals surface area contributed by atoms with Gasteiger partial charge in [0.25, 0.3) is 4.92 Å². The van der Waals surface area contributed by atoms with Crippen LogP contribution in [0.2, 0.25) is 0 Å². The van der Waals surface area contributed by atoms with Crippen LogP contribution in [0.15, 0.2) is 29.4 Å².